The fraction of sp³-hybridized carbons (Fsp3) is 0.603. The van der Waals surface area contributed by atoms with E-state index in [1.165, 1.54) is 44.9 Å². The summed E-state index contributed by atoms with van der Waals surface area (Å²) in [7, 11) is 1.21. The van der Waals surface area contributed by atoms with Crippen molar-refractivity contribution in [2.24, 2.45) is 0 Å². The Hall–Kier alpha value is -3.36. The van der Waals surface area contributed by atoms with Crippen LogP contribution >= 0.6 is 7.82 Å². The molecule has 2 N–H and O–H groups in total. The van der Waals surface area contributed by atoms with Crippen LogP contribution in [0.3, 0.4) is 0 Å². The normalized spacial score (nSPS) is 15.1. The number of phosphoric ester groups is 1. The van der Waals surface area contributed by atoms with Crippen LogP contribution < -0.4 is 10.2 Å². The number of amides is 1. The molecule has 3 unspecified atom stereocenters. The Morgan fingerprint density at radius 3 is 1.39 bits per heavy atom. The Morgan fingerprint density at radius 2 is 0.925 bits per heavy atom. The number of hydrogen-bond acceptors (Lipinski definition) is 6. The molecule has 0 aliphatic carbocycles. The van der Waals surface area contributed by atoms with Gasteiger partial charge in [0.05, 0.1) is 39.9 Å². The third-order valence-electron chi connectivity index (χ3n) is 10.6. The average Bonchev–Trinajstić information content (AvgIpc) is 3.29. The van der Waals surface area contributed by atoms with E-state index in [2.05, 4.69) is 141 Å². The molecule has 0 heterocycles. The third-order valence-corrected chi connectivity index (χ3v) is 11.6. The van der Waals surface area contributed by atoms with Crippen LogP contribution in [0, 0.1) is 0 Å². The Bertz CT molecular complexity index is 1540. The number of phosphoric acid groups is 1. The van der Waals surface area contributed by atoms with Crippen LogP contribution in [0.25, 0.3) is 0 Å². The number of carbonyl (C=O) groups is 1. The summed E-state index contributed by atoms with van der Waals surface area (Å²) < 4.78 is 23.2. The van der Waals surface area contributed by atoms with E-state index in [1.54, 1.807) is 6.08 Å². The van der Waals surface area contributed by atoms with Crippen LogP contribution in [0.5, 0.6) is 0 Å². The minimum atomic E-state index is -4.61. The molecule has 1 amide bonds. The number of likely N-dealkylation sites (N-methyl/N-ethyl adjacent to an activating group) is 1. The number of carbonyl (C=O) groups excluding carboxylic acids is 1. The van der Waals surface area contributed by atoms with E-state index < -0.39 is 26.6 Å². The van der Waals surface area contributed by atoms with Gasteiger partial charge in [0, 0.05) is 6.42 Å². The van der Waals surface area contributed by atoms with Crippen LogP contribution in [0.4, 0.5) is 0 Å². The number of aliphatic hydroxyl groups excluding tert-OH is 1. The lowest BCUT2D eigenvalue weighted by Crippen LogP contribution is -2.45. The number of nitrogens with zero attached hydrogens (tertiary/aromatic N) is 1. The Labute approximate surface area is 411 Å². The van der Waals surface area contributed by atoms with Gasteiger partial charge in [-0.05, 0) is 103 Å². The third kappa shape index (κ3) is 50.3. The van der Waals surface area contributed by atoms with Gasteiger partial charge in [-0.25, -0.2) is 0 Å². The van der Waals surface area contributed by atoms with Gasteiger partial charge in [-0.3, -0.25) is 9.36 Å². The fourth-order valence-electron chi connectivity index (χ4n) is 6.51. The SMILES string of the molecule is CC/C=C\C/C=C\C/C=C\C/C=C\C/C=C\C/C=C\C/C=C\C/C=C\C/C=C\CCCCCCCCCC(=O)NC(COP(=O)([O-])OCC[N+](C)(C)C)C(O)/C=C/CC/C=C/CCCCCC. The molecule has 0 aromatic rings. The molecule has 380 valence electrons. The molecule has 0 aliphatic heterocycles. The Balaban J connectivity index is 4.18. The van der Waals surface area contributed by atoms with Crippen LogP contribution in [0.15, 0.2) is 134 Å². The van der Waals surface area contributed by atoms with Gasteiger partial charge in [0.2, 0.25) is 5.91 Å². The largest absolute Gasteiger partial charge is 0.756 e. The van der Waals surface area contributed by atoms with Gasteiger partial charge in [-0.1, -0.05) is 199 Å². The fourth-order valence-corrected chi connectivity index (χ4v) is 7.23. The number of rotatable bonds is 45. The molecule has 0 aliphatic rings. The van der Waals surface area contributed by atoms with Crippen LogP contribution in [-0.2, 0) is 18.4 Å². The van der Waals surface area contributed by atoms with E-state index in [1.807, 2.05) is 27.2 Å². The lowest BCUT2D eigenvalue weighted by atomic mass is 10.1. The second-order valence-corrected chi connectivity index (χ2v) is 19.5. The van der Waals surface area contributed by atoms with Crippen LogP contribution in [0.2, 0.25) is 0 Å². The first-order valence-electron chi connectivity index (χ1n) is 26.0. The van der Waals surface area contributed by atoms with Crippen molar-refractivity contribution in [1.82, 2.24) is 5.32 Å². The second-order valence-electron chi connectivity index (χ2n) is 18.1. The second kappa shape index (κ2) is 47.7. The zero-order valence-corrected chi connectivity index (χ0v) is 43.9. The minimum Gasteiger partial charge on any atom is -0.756 e. The van der Waals surface area contributed by atoms with Gasteiger partial charge in [-0.2, -0.15) is 0 Å². The summed E-state index contributed by atoms with van der Waals surface area (Å²) in [4.78, 5) is 25.3. The monoisotopic (exact) mass is 949 g/mol. The zero-order valence-electron chi connectivity index (χ0n) is 43.0. The molecule has 0 aromatic heterocycles. The van der Waals surface area contributed by atoms with Crippen molar-refractivity contribution >= 4 is 13.7 Å². The topological polar surface area (TPSA) is 108 Å². The quantitative estimate of drug-likeness (QED) is 0.0272. The smallest absolute Gasteiger partial charge is 0.268 e. The molecule has 0 spiro atoms. The lowest BCUT2D eigenvalue weighted by Gasteiger charge is -2.29. The van der Waals surface area contributed by atoms with Crippen LogP contribution in [-0.4, -0.2) is 68.5 Å². The van der Waals surface area contributed by atoms with Crippen molar-refractivity contribution in [3.8, 4) is 0 Å². The summed E-state index contributed by atoms with van der Waals surface area (Å²) >= 11 is 0. The van der Waals surface area contributed by atoms with Crippen molar-refractivity contribution in [1.29, 1.82) is 0 Å². The first-order valence-corrected chi connectivity index (χ1v) is 27.5. The summed E-state index contributed by atoms with van der Waals surface area (Å²) in [6.45, 7) is 4.43. The highest BCUT2D eigenvalue weighted by Crippen LogP contribution is 2.38. The molecule has 8 nitrogen and oxygen atoms in total. The molecular weight excluding hydrogens is 852 g/mol. The number of nitrogens with one attached hydrogen (secondary N) is 1. The van der Waals surface area contributed by atoms with Crippen molar-refractivity contribution in [2.45, 2.75) is 187 Å². The molecule has 0 saturated carbocycles. The van der Waals surface area contributed by atoms with E-state index in [-0.39, 0.29) is 12.5 Å². The minimum absolute atomic E-state index is 0.0163. The predicted octanol–water partition coefficient (Wildman–Crippen LogP) is 15.0. The Morgan fingerprint density at radius 1 is 0.537 bits per heavy atom. The molecule has 3 atom stereocenters. The molecule has 0 bridgehead atoms. The standard InChI is InChI=1S/C58H97N2O6P/c1-6-8-10-12-14-16-18-19-20-21-22-23-24-25-26-27-28-29-30-31-32-33-34-35-36-37-38-39-40-41-42-44-46-48-50-52-58(62)59-56(55-66-67(63,64)65-54-53-60(3,4)5)57(61)51-49-47-45-43-17-15-13-11-9-7-2/h8,10,14,16-17,19-20,22-23,25-26,28-29,31-32,34-35,37-38,43,49,51,56-57,61H,6-7,9,11-13,15,18,21,24,27,30,33,36,39-42,44-48,50,52-55H2,1-5H3,(H-,59,62,63,64)/b10-8-,16-14-,20-19-,23-22-,26-25-,29-28-,32-31-,35-34-,38-37-,43-17+,51-49+. The van der Waals surface area contributed by atoms with Gasteiger partial charge in [0.25, 0.3) is 7.82 Å². The van der Waals surface area contributed by atoms with Crippen molar-refractivity contribution in [3.63, 3.8) is 0 Å². The summed E-state index contributed by atoms with van der Waals surface area (Å²) in [6, 6.07) is -0.917. The summed E-state index contributed by atoms with van der Waals surface area (Å²) in [6.07, 6.45) is 72.4. The maximum atomic E-state index is 12.9. The Kier molecular flexibility index (Phi) is 45.3. The van der Waals surface area contributed by atoms with Gasteiger partial charge >= 0.3 is 0 Å². The summed E-state index contributed by atoms with van der Waals surface area (Å²) in [5, 5.41) is 13.7. The number of unbranched alkanes of at least 4 members (excludes halogenated alkanes) is 12. The molecule has 9 heteroatoms. The molecule has 0 saturated heterocycles. The molecule has 0 aromatic carbocycles. The van der Waals surface area contributed by atoms with Crippen molar-refractivity contribution < 1.29 is 32.9 Å². The van der Waals surface area contributed by atoms with Gasteiger partial charge in [0.1, 0.15) is 13.2 Å². The molecule has 0 fully saturated rings. The van der Waals surface area contributed by atoms with E-state index in [4.69, 9.17) is 9.05 Å². The van der Waals surface area contributed by atoms with Crippen molar-refractivity contribution in [3.05, 3.63) is 134 Å². The van der Waals surface area contributed by atoms with E-state index in [0.29, 0.717) is 17.4 Å². The molecule has 0 radical (unpaired) electrons. The lowest BCUT2D eigenvalue weighted by molar-refractivity contribution is -0.870. The van der Waals surface area contributed by atoms with Gasteiger partial charge in [-0.15, -0.1) is 0 Å². The van der Waals surface area contributed by atoms with E-state index >= 15 is 0 Å². The summed E-state index contributed by atoms with van der Waals surface area (Å²) in [5.74, 6) is -0.228. The molecule has 0 rings (SSSR count). The highest BCUT2D eigenvalue weighted by molar-refractivity contribution is 7.45. The number of hydrogen-bond donors (Lipinski definition) is 2. The van der Waals surface area contributed by atoms with Gasteiger partial charge < -0.3 is 28.8 Å². The van der Waals surface area contributed by atoms with E-state index in [0.717, 1.165) is 109 Å². The maximum Gasteiger partial charge on any atom is 0.268 e. The highest BCUT2D eigenvalue weighted by atomic mass is 31.2. The van der Waals surface area contributed by atoms with Gasteiger partial charge in [0.15, 0.2) is 0 Å². The van der Waals surface area contributed by atoms with Crippen molar-refractivity contribution in [2.75, 3.05) is 40.9 Å². The maximum absolute atomic E-state index is 12.9. The zero-order chi connectivity index (χ0) is 49.2. The predicted molar refractivity (Wildman–Crippen MR) is 288 cm³/mol. The first kappa shape index (κ1) is 63.6. The number of aliphatic hydroxyl groups is 1. The first-order chi connectivity index (χ1) is 32.5. The number of allylic oxidation sites excluding steroid dienone is 21. The molecule has 67 heavy (non-hydrogen) atoms. The summed E-state index contributed by atoms with van der Waals surface area (Å²) in [5.41, 5.74) is 0. The highest BCUT2D eigenvalue weighted by Gasteiger charge is 2.23. The molecular formula is C58H97N2O6P. The number of quaternary nitrogens is 1. The average molecular weight is 949 g/mol. The van der Waals surface area contributed by atoms with Crippen LogP contribution in [0.1, 0.15) is 174 Å². The van der Waals surface area contributed by atoms with E-state index in [9.17, 15) is 19.4 Å².